The highest BCUT2D eigenvalue weighted by Gasteiger charge is 2.19. The van der Waals surface area contributed by atoms with Gasteiger partial charge in [-0.25, -0.2) is 9.97 Å². The average molecular weight is 574 g/mol. The van der Waals surface area contributed by atoms with Crippen molar-refractivity contribution in [2.45, 2.75) is 18.7 Å². The Kier molecular flexibility index (Phi) is 6.35. The molecule has 34 heavy (non-hydrogen) atoms. The number of nitrogens with two attached hydrogens (primary N) is 1. The topological polar surface area (TPSA) is 84.6 Å². The molecule has 0 fully saturated rings. The molecule has 10 heteroatoms. The Morgan fingerprint density at radius 1 is 1.12 bits per heavy atom. The van der Waals surface area contributed by atoms with Crippen molar-refractivity contribution in [1.29, 1.82) is 0 Å². The predicted molar refractivity (Wildman–Crippen MR) is 146 cm³/mol. The van der Waals surface area contributed by atoms with Gasteiger partial charge < -0.3 is 14.9 Å². The molecule has 0 saturated carbocycles. The molecule has 5 aromatic rings. The van der Waals surface area contributed by atoms with Crippen molar-refractivity contribution in [3.05, 3.63) is 80.6 Å². The number of pyridine rings is 1. The van der Waals surface area contributed by atoms with E-state index < -0.39 is 0 Å². The molecule has 0 aliphatic heterocycles. The van der Waals surface area contributed by atoms with E-state index in [1.54, 1.807) is 18.3 Å². The number of H-pyrrole nitrogens is 1. The van der Waals surface area contributed by atoms with Crippen LogP contribution < -0.4 is 10.5 Å². The Balaban J connectivity index is 1.61. The van der Waals surface area contributed by atoms with E-state index in [0.29, 0.717) is 21.5 Å². The minimum absolute atomic E-state index is 0.623. The summed E-state index contributed by atoms with van der Waals surface area (Å²) >= 11 is 17.6. The van der Waals surface area contributed by atoms with Crippen LogP contribution in [0.1, 0.15) is 11.4 Å². The number of fused-ring (bicyclic) bond motifs is 1. The maximum atomic E-state index is 6.50. The third-order valence-electron chi connectivity index (χ3n) is 5.54. The highest BCUT2D eigenvalue weighted by atomic mass is 79.9. The third kappa shape index (κ3) is 4.21. The van der Waals surface area contributed by atoms with E-state index in [1.807, 2.05) is 44.2 Å². The van der Waals surface area contributed by atoms with Gasteiger partial charge in [-0.1, -0.05) is 29.3 Å². The lowest BCUT2D eigenvalue weighted by Gasteiger charge is -2.12. The summed E-state index contributed by atoms with van der Waals surface area (Å²) in [5.41, 5.74) is 6.90. The molecule has 3 heterocycles. The van der Waals surface area contributed by atoms with Crippen LogP contribution >= 0.6 is 51.1 Å². The van der Waals surface area contributed by atoms with Gasteiger partial charge in [-0.3, -0.25) is 5.14 Å². The molecule has 3 aromatic heterocycles. The van der Waals surface area contributed by atoms with Gasteiger partial charge in [0.15, 0.2) is 5.65 Å². The van der Waals surface area contributed by atoms with E-state index in [-0.39, 0.29) is 0 Å². The highest BCUT2D eigenvalue weighted by Crippen LogP contribution is 2.36. The van der Waals surface area contributed by atoms with Gasteiger partial charge in [-0.2, -0.15) is 0 Å². The van der Waals surface area contributed by atoms with E-state index >= 15 is 0 Å². The fourth-order valence-electron chi connectivity index (χ4n) is 4.00. The summed E-state index contributed by atoms with van der Waals surface area (Å²) in [6, 6.07) is 15.4. The first-order valence-electron chi connectivity index (χ1n) is 10.3. The van der Waals surface area contributed by atoms with Crippen LogP contribution in [-0.4, -0.2) is 19.5 Å². The summed E-state index contributed by atoms with van der Waals surface area (Å²) in [5.74, 6) is 0.715. The van der Waals surface area contributed by atoms with Crippen molar-refractivity contribution in [2.75, 3.05) is 5.32 Å². The molecule has 0 atom stereocenters. The van der Waals surface area contributed by atoms with Crippen LogP contribution in [0.2, 0.25) is 10.0 Å². The zero-order valence-corrected chi connectivity index (χ0v) is 22.1. The number of hydrogen-bond donors (Lipinski definition) is 3. The average Bonchev–Trinajstić information content (AvgIpc) is 3.38. The molecule has 2 aromatic carbocycles. The molecule has 5 rings (SSSR count). The number of hydrogen-bond acceptors (Lipinski definition) is 5. The van der Waals surface area contributed by atoms with Crippen LogP contribution in [0.4, 0.5) is 11.4 Å². The minimum atomic E-state index is 0.623. The second-order valence-corrected chi connectivity index (χ2v) is 10.2. The monoisotopic (exact) mass is 572 g/mol. The van der Waals surface area contributed by atoms with E-state index in [0.717, 1.165) is 48.9 Å². The van der Waals surface area contributed by atoms with Gasteiger partial charge in [0, 0.05) is 38.8 Å². The van der Waals surface area contributed by atoms with Crippen molar-refractivity contribution < 1.29 is 0 Å². The number of aromatic amines is 1. The maximum Gasteiger partial charge on any atom is 0.159 e. The number of nitrogens with zero attached hydrogens (tertiary/aromatic N) is 3. The molecule has 0 bridgehead atoms. The summed E-state index contributed by atoms with van der Waals surface area (Å²) in [4.78, 5) is 13.8. The maximum absolute atomic E-state index is 6.50. The zero-order valence-electron chi connectivity index (χ0n) is 18.2. The molecule has 0 spiro atoms. The van der Waals surface area contributed by atoms with E-state index in [9.17, 15) is 0 Å². The molecule has 6 nitrogen and oxygen atoms in total. The van der Waals surface area contributed by atoms with E-state index in [4.69, 9.17) is 33.3 Å². The van der Waals surface area contributed by atoms with Gasteiger partial charge >= 0.3 is 0 Å². The first-order valence-corrected chi connectivity index (χ1v) is 12.7. The first kappa shape index (κ1) is 23.3. The fraction of sp³-hybridized carbons (Fsp3) is 0.0833. The molecule has 4 N–H and O–H groups in total. The van der Waals surface area contributed by atoms with Gasteiger partial charge in [0.1, 0.15) is 11.3 Å². The molecule has 0 aliphatic rings. The molecule has 0 saturated heterocycles. The van der Waals surface area contributed by atoms with E-state index in [2.05, 4.69) is 41.8 Å². The van der Waals surface area contributed by atoms with Crippen LogP contribution in [0.15, 0.2) is 64.1 Å². The standard InChI is InChI=1S/C24H19BrCl2N6S/c1-12-8-17(13(2)33(12)20-9-14(26)6-7-19(20)27)23-31-22-21(18(25)11-29-24(22)32-23)30-15-4-3-5-16(10-15)34-28/h3-11H,28H2,1-2H3,(H2,29,30,31,32). The van der Waals surface area contributed by atoms with Crippen LogP contribution in [0, 0.1) is 13.8 Å². The summed E-state index contributed by atoms with van der Waals surface area (Å²) in [6.07, 6.45) is 1.75. The largest absolute Gasteiger partial charge is 0.353 e. The van der Waals surface area contributed by atoms with Crippen LogP contribution in [-0.2, 0) is 0 Å². The highest BCUT2D eigenvalue weighted by molar-refractivity contribution is 9.10. The molecule has 172 valence electrons. The molecular formula is C24H19BrCl2N6S. The number of rotatable bonds is 5. The molecule has 0 unspecified atom stereocenters. The zero-order chi connectivity index (χ0) is 24.0. The van der Waals surface area contributed by atoms with Crippen molar-refractivity contribution in [3.63, 3.8) is 0 Å². The van der Waals surface area contributed by atoms with Crippen LogP contribution in [0.3, 0.4) is 0 Å². The Morgan fingerprint density at radius 3 is 2.74 bits per heavy atom. The normalized spacial score (nSPS) is 11.4. The second-order valence-electron chi connectivity index (χ2n) is 7.75. The number of aryl methyl sites for hydroxylation is 1. The number of benzene rings is 2. The minimum Gasteiger partial charge on any atom is -0.353 e. The lowest BCUT2D eigenvalue weighted by atomic mass is 10.2. The Hall–Kier alpha value is -2.49. The van der Waals surface area contributed by atoms with Crippen molar-refractivity contribution in [1.82, 2.24) is 19.5 Å². The van der Waals surface area contributed by atoms with Crippen LogP contribution in [0.5, 0.6) is 0 Å². The fourth-order valence-corrected chi connectivity index (χ4v) is 5.11. The smallest absolute Gasteiger partial charge is 0.159 e. The lowest BCUT2D eigenvalue weighted by molar-refractivity contribution is 0.966. The summed E-state index contributed by atoms with van der Waals surface area (Å²) in [6.45, 7) is 4.06. The first-order chi connectivity index (χ1) is 16.4. The molecule has 0 radical (unpaired) electrons. The van der Waals surface area contributed by atoms with Crippen molar-refractivity contribution in [2.24, 2.45) is 5.14 Å². The SMILES string of the molecule is Cc1cc(-c2nc3c(Nc4cccc(SN)c4)c(Br)cnc3[nH]2)c(C)n1-c1cc(Cl)ccc1Cl. The number of aromatic nitrogens is 4. The molecular weight excluding hydrogens is 555 g/mol. The van der Waals surface area contributed by atoms with Gasteiger partial charge in [-0.05, 0) is 84.2 Å². The summed E-state index contributed by atoms with van der Waals surface area (Å²) < 4.78 is 2.88. The molecule has 0 aliphatic carbocycles. The Morgan fingerprint density at radius 2 is 1.94 bits per heavy atom. The number of imidazole rings is 1. The number of anilines is 2. The number of nitrogens with one attached hydrogen (secondary N) is 2. The quantitative estimate of drug-likeness (QED) is 0.187. The summed E-state index contributed by atoms with van der Waals surface area (Å²) in [5, 5.41) is 10.4. The second kappa shape index (κ2) is 9.28. The van der Waals surface area contributed by atoms with Crippen molar-refractivity contribution >= 4 is 73.6 Å². The van der Waals surface area contributed by atoms with Gasteiger partial charge in [-0.15, -0.1) is 0 Å². The van der Waals surface area contributed by atoms with Crippen molar-refractivity contribution in [3.8, 4) is 17.1 Å². The van der Waals surface area contributed by atoms with Gasteiger partial charge in [0.2, 0.25) is 0 Å². The van der Waals surface area contributed by atoms with Crippen LogP contribution in [0.25, 0.3) is 28.2 Å². The predicted octanol–water partition coefficient (Wildman–Crippen LogP) is 7.81. The lowest BCUT2D eigenvalue weighted by Crippen LogP contribution is -2.00. The van der Waals surface area contributed by atoms with Gasteiger partial charge in [0.25, 0.3) is 0 Å². The molecule has 0 amide bonds. The Labute approximate surface area is 219 Å². The third-order valence-corrected chi connectivity index (χ3v) is 7.22. The number of halogens is 3. The Bertz CT molecular complexity index is 1540. The summed E-state index contributed by atoms with van der Waals surface area (Å²) in [7, 11) is 0. The van der Waals surface area contributed by atoms with Gasteiger partial charge in [0.05, 0.1) is 20.9 Å². The van der Waals surface area contributed by atoms with E-state index in [1.165, 1.54) is 11.9 Å².